The molecule has 1 aromatic carbocycles. The third kappa shape index (κ3) is 3.53. The summed E-state index contributed by atoms with van der Waals surface area (Å²) in [6.07, 6.45) is 5.70. The summed E-state index contributed by atoms with van der Waals surface area (Å²) in [7, 11) is 1.81. The molecule has 1 atom stereocenters. The predicted molar refractivity (Wildman–Crippen MR) is 86.6 cm³/mol. The van der Waals surface area contributed by atoms with E-state index in [1.165, 1.54) is 6.07 Å². The van der Waals surface area contributed by atoms with Crippen molar-refractivity contribution in [1.29, 1.82) is 0 Å². The van der Waals surface area contributed by atoms with Gasteiger partial charge in [0.25, 0.3) is 0 Å². The quantitative estimate of drug-likeness (QED) is 0.757. The molecule has 0 radical (unpaired) electrons. The number of amides is 1. The van der Waals surface area contributed by atoms with Crippen LogP contribution in [0.25, 0.3) is 0 Å². The van der Waals surface area contributed by atoms with Gasteiger partial charge < -0.3 is 14.3 Å². The van der Waals surface area contributed by atoms with Gasteiger partial charge in [-0.3, -0.25) is 4.79 Å². The van der Waals surface area contributed by atoms with Crippen LogP contribution in [-0.4, -0.2) is 15.5 Å². The van der Waals surface area contributed by atoms with Gasteiger partial charge in [-0.05, 0) is 18.2 Å². The molecule has 124 valence electrons. The lowest BCUT2D eigenvalue weighted by atomic mass is 10.0. The molecule has 0 saturated heterocycles. The Morgan fingerprint density at radius 1 is 1.33 bits per heavy atom. The molecule has 5 nitrogen and oxygen atoms in total. The van der Waals surface area contributed by atoms with E-state index in [9.17, 15) is 9.18 Å². The topological polar surface area (TPSA) is 60.1 Å². The monoisotopic (exact) mass is 327 g/mol. The summed E-state index contributed by atoms with van der Waals surface area (Å²) in [5.41, 5.74) is 0.387. The molecule has 0 fully saturated rings. The van der Waals surface area contributed by atoms with E-state index in [-0.39, 0.29) is 18.1 Å². The first kappa shape index (κ1) is 16.0. The fraction of sp³-hybridized carbons (Fsp3) is 0.222. The predicted octanol–water partition coefficient (Wildman–Crippen LogP) is 2.99. The Labute approximate surface area is 139 Å². The van der Waals surface area contributed by atoms with Gasteiger partial charge in [0.2, 0.25) is 5.91 Å². The highest BCUT2D eigenvalue weighted by atomic mass is 19.1. The zero-order valence-corrected chi connectivity index (χ0v) is 13.3. The van der Waals surface area contributed by atoms with Crippen molar-refractivity contribution in [2.24, 2.45) is 7.05 Å². The molecule has 3 rings (SSSR count). The second-order valence-corrected chi connectivity index (χ2v) is 5.50. The van der Waals surface area contributed by atoms with Crippen LogP contribution in [0.3, 0.4) is 0 Å². The van der Waals surface area contributed by atoms with Gasteiger partial charge in [0.1, 0.15) is 23.4 Å². The average Bonchev–Trinajstić information content (AvgIpc) is 3.23. The Kier molecular flexibility index (Phi) is 4.74. The van der Waals surface area contributed by atoms with E-state index in [0.717, 1.165) is 5.76 Å². The molecule has 2 aromatic heterocycles. The van der Waals surface area contributed by atoms with Crippen molar-refractivity contribution in [1.82, 2.24) is 14.9 Å². The van der Waals surface area contributed by atoms with Crippen LogP contribution in [0.5, 0.6) is 0 Å². The van der Waals surface area contributed by atoms with E-state index in [2.05, 4.69) is 10.3 Å². The minimum Gasteiger partial charge on any atom is -0.469 e. The number of nitrogens with one attached hydrogen (secondary N) is 1. The van der Waals surface area contributed by atoms with Gasteiger partial charge in [0.15, 0.2) is 0 Å². The Morgan fingerprint density at radius 2 is 2.17 bits per heavy atom. The van der Waals surface area contributed by atoms with Gasteiger partial charge in [0, 0.05) is 37.8 Å². The van der Waals surface area contributed by atoms with Crippen molar-refractivity contribution >= 4 is 5.91 Å². The molecule has 1 N–H and O–H groups in total. The summed E-state index contributed by atoms with van der Waals surface area (Å²) in [5.74, 6) is 0.746. The molecule has 0 bridgehead atoms. The van der Waals surface area contributed by atoms with Crippen LogP contribution in [-0.2, 0) is 18.3 Å². The fourth-order valence-electron chi connectivity index (χ4n) is 2.57. The lowest BCUT2D eigenvalue weighted by molar-refractivity contribution is -0.121. The maximum atomic E-state index is 14.2. The summed E-state index contributed by atoms with van der Waals surface area (Å²) in [6, 6.07) is 9.34. The Hall–Kier alpha value is -2.89. The number of carbonyl (C=O) groups excluding carboxylic acids is 1. The van der Waals surface area contributed by atoms with E-state index in [4.69, 9.17) is 4.42 Å². The number of halogens is 1. The Morgan fingerprint density at radius 3 is 2.83 bits per heavy atom. The summed E-state index contributed by atoms with van der Waals surface area (Å²) in [5, 5.41) is 2.88. The molecular formula is C18H18FN3O2. The zero-order valence-electron chi connectivity index (χ0n) is 13.3. The highest BCUT2D eigenvalue weighted by Gasteiger charge is 2.23. The van der Waals surface area contributed by atoms with E-state index in [1.807, 2.05) is 13.1 Å². The zero-order chi connectivity index (χ0) is 16.9. The lowest BCUT2D eigenvalue weighted by Crippen LogP contribution is -2.31. The lowest BCUT2D eigenvalue weighted by Gasteiger charge is -2.19. The van der Waals surface area contributed by atoms with Crippen molar-refractivity contribution in [3.63, 3.8) is 0 Å². The van der Waals surface area contributed by atoms with Crippen LogP contribution in [0.2, 0.25) is 0 Å². The number of rotatable bonds is 6. The van der Waals surface area contributed by atoms with Crippen molar-refractivity contribution < 1.29 is 13.6 Å². The summed E-state index contributed by atoms with van der Waals surface area (Å²) < 4.78 is 21.2. The largest absolute Gasteiger partial charge is 0.469 e. The van der Waals surface area contributed by atoms with Crippen molar-refractivity contribution in [2.45, 2.75) is 18.9 Å². The first-order valence-corrected chi connectivity index (χ1v) is 7.68. The van der Waals surface area contributed by atoms with Gasteiger partial charge in [0.05, 0.1) is 6.26 Å². The van der Waals surface area contributed by atoms with Crippen molar-refractivity contribution in [3.8, 4) is 0 Å². The second-order valence-electron chi connectivity index (χ2n) is 5.50. The normalized spacial score (nSPS) is 12.1. The Bertz CT molecular complexity index is 811. The molecule has 0 spiro atoms. The Balaban J connectivity index is 1.79. The van der Waals surface area contributed by atoms with Gasteiger partial charge in [-0.15, -0.1) is 0 Å². The fourth-order valence-corrected chi connectivity index (χ4v) is 2.57. The van der Waals surface area contributed by atoms with E-state index < -0.39 is 6.04 Å². The third-order valence-electron chi connectivity index (χ3n) is 3.82. The van der Waals surface area contributed by atoms with Crippen LogP contribution in [0, 0.1) is 5.82 Å². The molecular weight excluding hydrogens is 309 g/mol. The molecule has 3 aromatic rings. The van der Waals surface area contributed by atoms with E-state index in [0.29, 0.717) is 17.8 Å². The molecule has 0 saturated carbocycles. The highest BCUT2D eigenvalue weighted by molar-refractivity contribution is 5.77. The number of benzene rings is 1. The van der Waals surface area contributed by atoms with E-state index >= 15 is 0 Å². The minimum absolute atomic E-state index is 0.192. The number of aryl methyl sites for hydroxylation is 2. The van der Waals surface area contributed by atoms with Crippen LogP contribution in [0.1, 0.15) is 29.6 Å². The molecule has 0 aliphatic heterocycles. The number of imidazole rings is 1. The number of nitrogens with zero attached hydrogens (tertiary/aromatic N) is 2. The number of carbonyl (C=O) groups is 1. The molecule has 0 unspecified atom stereocenters. The van der Waals surface area contributed by atoms with E-state index in [1.54, 1.807) is 47.5 Å². The summed E-state index contributed by atoms with van der Waals surface area (Å²) in [6.45, 7) is 0. The maximum Gasteiger partial charge on any atom is 0.221 e. The number of aromatic nitrogens is 2. The number of furan rings is 1. The summed E-state index contributed by atoms with van der Waals surface area (Å²) in [4.78, 5) is 16.6. The smallest absolute Gasteiger partial charge is 0.221 e. The molecule has 1 amide bonds. The highest BCUT2D eigenvalue weighted by Crippen LogP contribution is 2.23. The van der Waals surface area contributed by atoms with Gasteiger partial charge in [-0.1, -0.05) is 18.2 Å². The standard InChI is InChI=1S/C18H18FN3O2/c1-22-11-10-20-18(22)17(14-6-2-3-7-15(14)19)21-16(23)9-8-13-5-4-12-24-13/h2-7,10-12,17H,8-9H2,1H3,(H,21,23)/t17-/m1/s1. The maximum absolute atomic E-state index is 14.2. The average molecular weight is 327 g/mol. The van der Waals surface area contributed by atoms with Gasteiger partial charge in [-0.25, -0.2) is 9.37 Å². The van der Waals surface area contributed by atoms with Crippen molar-refractivity contribution in [3.05, 3.63) is 78.0 Å². The summed E-state index contributed by atoms with van der Waals surface area (Å²) >= 11 is 0. The second kappa shape index (κ2) is 7.12. The first-order valence-electron chi connectivity index (χ1n) is 7.68. The van der Waals surface area contributed by atoms with Crippen LogP contribution >= 0.6 is 0 Å². The number of hydrogen-bond donors (Lipinski definition) is 1. The molecule has 0 aliphatic rings. The SMILES string of the molecule is Cn1ccnc1[C@H](NC(=O)CCc1ccco1)c1ccccc1F. The number of hydrogen-bond acceptors (Lipinski definition) is 3. The van der Waals surface area contributed by atoms with Crippen molar-refractivity contribution in [2.75, 3.05) is 0 Å². The third-order valence-corrected chi connectivity index (χ3v) is 3.82. The van der Waals surface area contributed by atoms with Crippen LogP contribution in [0.15, 0.2) is 59.5 Å². The van der Waals surface area contributed by atoms with Gasteiger partial charge >= 0.3 is 0 Å². The van der Waals surface area contributed by atoms with Gasteiger partial charge in [-0.2, -0.15) is 0 Å². The molecule has 24 heavy (non-hydrogen) atoms. The first-order chi connectivity index (χ1) is 11.6. The molecule has 6 heteroatoms. The minimum atomic E-state index is -0.643. The molecule has 2 heterocycles. The molecule has 0 aliphatic carbocycles. The van der Waals surface area contributed by atoms with Crippen LogP contribution < -0.4 is 5.32 Å². The van der Waals surface area contributed by atoms with Crippen LogP contribution in [0.4, 0.5) is 4.39 Å².